The Hall–Kier alpha value is -2.96. The van der Waals surface area contributed by atoms with Gasteiger partial charge in [0.25, 0.3) is 0 Å². The molecule has 7 heteroatoms. The van der Waals surface area contributed by atoms with Crippen molar-refractivity contribution in [2.75, 3.05) is 31.1 Å². The Labute approximate surface area is 176 Å². The minimum Gasteiger partial charge on any atom is -0.354 e. The van der Waals surface area contributed by atoms with E-state index in [2.05, 4.69) is 23.8 Å². The van der Waals surface area contributed by atoms with Gasteiger partial charge in [0.2, 0.25) is 5.91 Å². The van der Waals surface area contributed by atoms with Gasteiger partial charge in [-0.1, -0.05) is 32.0 Å². The average Bonchev–Trinajstić information content (AvgIpc) is 3.56. The van der Waals surface area contributed by atoms with Crippen LogP contribution >= 0.6 is 0 Å². The summed E-state index contributed by atoms with van der Waals surface area (Å²) < 4.78 is 1.90. The number of nitrogens with zero attached hydrogens (tertiary/aromatic N) is 6. The maximum Gasteiger partial charge on any atom is 0.225 e. The molecule has 0 bridgehead atoms. The zero-order valence-electron chi connectivity index (χ0n) is 17.7. The van der Waals surface area contributed by atoms with Crippen LogP contribution in [-0.2, 0) is 4.79 Å². The van der Waals surface area contributed by atoms with Crippen molar-refractivity contribution in [1.82, 2.24) is 24.6 Å². The highest BCUT2D eigenvalue weighted by molar-refractivity contribution is 5.88. The third-order valence-corrected chi connectivity index (χ3v) is 5.98. The molecule has 5 rings (SSSR count). The number of carbonyl (C=O) groups excluding carboxylic acids is 1. The number of aromatic nitrogens is 4. The minimum atomic E-state index is 0.215. The van der Waals surface area contributed by atoms with Crippen LogP contribution in [-0.4, -0.2) is 56.7 Å². The van der Waals surface area contributed by atoms with Gasteiger partial charge < -0.3 is 9.80 Å². The lowest BCUT2D eigenvalue weighted by Gasteiger charge is -2.24. The molecule has 0 N–H and O–H groups in total. The maximum absolute atomic E-state index is 12.5. The Morgan fingerprint density at radius 1 is 1.03 bits per heavy atom. The molecule has 0 atom stereocenters. The topological polar surface area (TPSA) is 67.2 Å². The number of amides is 1. The molecule has 2 aliphatic rings. The highest BCUT2D eigenvalue weighted by Gasteiger charge is 2.34. The quantitative estimate of drug-likeness (QED) is 0.667. The van der Waals surface area contributed by atoms with Crippen LogP contribution in [0.25, 0.3) is 16.7 Å². The van der Waals surface area contributed by atoms with Crippen molar-refractivity contribution >= 4 is 22.8 Å². The number of para-hydroxylation sites is 1. The Kier molecular flexibility index (Phi) is 4.89. The summed E-state index contributed by atoms with van der Waals surface area (Å²) in [6.07, 6.45) is 4.94. The SMILES string of the molecule is CC(C)c1nc(N2CCCN(C(=O)C3CC3)CC2)c2cnn(-c3ccccc3)c2n1. The van der Waals surface area contributed by atoms with E-state index in [9.17, 15) is 4.79 Å². The summed E-state index contributed by atoms with van der Waals surface area (Å²) in [5.74, 6) is 2.59. The number of fused-ring (bicyclic) bond motifs is 1. The molecular formula is C23H28N6O. The zero-order valence-corrected chi connectivity index (χ0v) is 17.7. The van der Waals surface area contributed by atoms with Crippen LogP contribution in [0, 0.1) is 5.92 Å². The van der Waals surface area contributed by atoms with Gasteiger partial charge in [0, 0.05) is 38.0 Å². The highest BCUT2D eigenvalue weighted by Crippen LogP contribution is 2.32. The predicted octanol–water partition coefficient (Wildman–Crippen LogP) is 3.39. The molecule has 0 spiro atoms. The smallest absolute Gasteiger partial charge is 0.225 e. The predicted molar refractivity (Wildman–Crippen MR) is 117 cm³/mol. The van der Waals surface area contributed by atoms with Crippen molar-refractivity contribution in [2.24, 2.45) is 5.92 Å². The van der Waals surface area contributed by atoms with E-state index in [0.717, 1.165) is 73.8 Å². The number of benzene rings is 1. The van der Waals surface area contributed by atoms with Gasteiger partial charge in [0.1, 0.15) is 11.6 Å². The molecule has 1 saturated carbocycles. The number of hydrogen-bond donors (Lipinski definition) is 0. The van der Waals surface area contributed by atoms with E-state index in [1.165, 1.54) is 0 Å². The van der Waals surface area contributed by atoms with Crippen molar-refractivity contribution in [1.29, 1.82) is 0 Å². The van der Waals surface area contributed by atoms with Crippen molar-refractivity contribution in [3.05, 3.63) is 42.4 Å². The van der Waals surface area contributed by atoms with E-state index in [0.29, 0.717) is 5.91 Å². The summed E-state index contributed by atoms with van der Waals surface area (Å²) in [4.78, 5) is 26.7. The number of anilines is 1. The van der Waals surface area contributed by atoms with Crippen LogP contribution in [0.3, 0.4) is 0 Å². The monoisotopic (exact) mass is 404 g/mol. The largest absolute Gasteiger partial charge is 0.354 e. The first-order valence-electron chi connectivity index (χ1n) is 11.0. The minimum absolute atomic E-state index is 0.215. The zero-order chi connectivity index (χ0) is 20.7. The molecule has 1 amide bonds. The molecule has 2 aromatic heterocycles. The molecule has 156 valence electrons. The Bertz CT molecular complexity index is 1060. The fourth-order valence-electron chi connectivity index (χ4n) is 4.11. The number of hydrogen-bond acceptors (Lipinski definition) is 5. The lowest BCUT2D eigenvalue weighted by atomic mass is 10.2. The second kappa shape index (κ2) is 7.70. The molecule has 30 heavy (non-hydrogen) atoms. The molecule has 0 unspecified atom stereocenters. The van der Waals surface area contributed by atoms with Crippen molar-refractivity contribution in [3.63, 3.8) is 0 Å². The standard InChI is InChI=1S/C23H28N6O/c1-16(2)20-25-21(27-11-6-12-28(14-13-27)23(30)17-9-10-17)19-15-24-29(22(19)26-20)18-7-4-3-5-8-18/h3-5,7-8,15-17H,6,9-14H2,1-2H3. The number of carbonyl (C=O) groups is 1. The molecule has 1 aromatic carbocycles. The van der Waals surface area contributed by atoms with E-state index in [1.54, 1.807) is 0 Å². The van der Waals surface area contributed by atoms with Crippen LogP contribution in [0.2, 0.25) is 0 Å². The van der Waals surface area contributed by atoms with Gasteiger partial charge in [-0.3, -0.25) is 4.79 Å². The Morgan fingerprint density at radius 3 is 2.57 bits per heavy atom. The molecule has 7 nitrogen and oxygen atoms in total. The Balaban J connectivity index is 1.52. The first kappa shape index (κ1) is 19.0. The van der Waals surface area contributed by atoms with Crippen LogP contribution in [0.1, 0.15) is 44.9 Å². The van der Waals surface area contributed by atoms with E-state index in [-0.39, 0.29) is 11.8 Å². The lowest BCUT2D eigenvalue weighted by molar-refractivity contribution is -0.132. The number of rotatable bonds is 4. The van der Waals surface area contributed by atoms with E-state index < -0.39 is 0 Å². The summed E-state index contributed by atoms with van der Waals surface area (Å²) in [5.41, 5.74) is 1.83. The third kappa shape index (κ3) is 3.53. The molecule has 3 heterocycles. The molecule has 0 radical (unpaired) electrons. The molecule has 3 aromatic rings. The molecule has 1 aliphatic heterocycles. The van der Waals surface area contributed by atoms with Crippen LogP contribution in [0.5, 0.6) is 0 Å². The van der Waals surface area contributed by atoms with Gasteiger partial charge in [-0.05, 0) is 31.4 Å². The first-order valence-corrected chi connectivity index (χ1v) is 11.0. The molecule has 2 fully saturated rings. The normalized spacial score (nSPS) is 17.6. The van der Waals surface area contributed by atoms with Gasteiger partial charge in [-0.2, -0.15) is 5.10 Å². The van der Waals surface area contributed by atoms with Crippen LogP contribution in [0.15, 0.2) is 36.5 Å². The van der Waals surface area contributed by atoms with Crippen molar-refractivity contribution in [2.45, 2.75) is 39.0 Å². The van der Waals surface area contributed by atoms with Crippen molar-refractivity contribution < 1.29 is 4.79 Å². The fourth-order valence-corrected chi connectivity index (χ4v) is 4.11. The maximum atomic E-state index is 12.5. The summed E-state index contributed by atoms with van der Waals surface area (Å²) in [6.45, 7) is 7.50. The molecule has 1 saturated heterocycles. The fraction of sp³-hybridized carbons (Fsp3) is 0.478. The van der Waals surface area contributed by atoms with Crippen LogP contribution in [0.4, 0.5) is 5.82 Å². The van der Waals surface area contributed by atoms with E-state index in [4.69, 9.17) is 9.97 Å². The summed E-state index contributed by atoms with van der Waals surface area (Å²) in [5, 5.41) is 5.61. The first-order chi connectivity index (χ1) is 14.6. The third-order valence-electron chi connectivity index (χ3n) is 5.98. The lowest BCUT2D eigenvalue weighted by Crippen LogP contribution is -2.36. The van der Waals surface area contributed by atoms with Gasteiger partial charge >= 0.3 is 0 Å². The summed E-state index contributed by atoms with van der Waals surface area (Å²) in [7, 11) is 0. The summed E-state index contributed by atoms with van der Waals surface area (Å²) in [6, 6.07) is 10.1. The van der Waals surface area contributed by atoms with Gasteiger partial charge in [0.05, 0.1) is 17.3 Å². The summed E-state index contributed by atoms with van der Waals surface area (Å²) >= 11 is 0. The molecule has 1 aliphatic carbocycles. The van der Waals surface area contributed by atoms with Gasteiger partial charge in [-0.25, -0.2) is 14.6 Å². The highest BCUT2D eigenvalue weighted by atomic mass is 16.2. The van der Waals surface area contributed by atoms with Crippen molar-refractivity contribution in [3.8, 4) is 5.69 Å². The second-order valence-electron chi connectivity index (χ2n) is 8.63. The van der Waals surface area contributed by atoms with Crippen LogP contribution < -0.4 is 4.90 Å². The van der Waals surface area contributed by atoms with E-state index in [1.807, 2.05) is 46.1 Å². The van der Waals surface area contributed by atoms with E-state index >= 15 is 0 Å². The second-order valence-corrected chi connectivity index (χ2v) is 8.63. The Morgan fingerprint density at radius 2 is 1.83 bits per heavy atom. The van der Waals surface area contributed by atoms with Gasteiger partial charge in [0.15, 0.2) is 5.65 Å². The average molecular weight is 405 g/mol. The van der Waals surface area contributed by atoms with Gasteiger partial charge in [-0.15, -0.1) is 0 Å². The molecular weight excluding hydrogens is 376 g/mol.